The highest BCUT2D eigenvalue weighted by molar-refractivity contribution is 7.13. The molecule has 0 spiro atoms. The predicted molar refractivity (Wildman–Crippen MR) is 89.8 cm³/mol. The Morgan fingerprint density at radius 2 is 1.96 bits per heavy atom. The van der Waals surface area contributed by atoms with Crippen LogP contribution in [0.3, 0.4) is 0 Å². The van der Waals surface area contributed by atoms with Crippen LogP contribution < -0.4 is 0 Å². The lowest BCUT2D eigenvalue weighted by Gasteiger charge is -1.97. The lowest BCUT2D eigenvalue weighted by atomic mass is 10.3. The molecule has 0 saturated heterocycles. The van der Waals surface area contributed by atoms with Gasteiger partial charge in [-0.1, -0.05) is 0 Å². The molecule has 122 valence electrons. The Morgan fingerprint density at radius 1 is 1.08 bits per heavy atom. The smallest absolute Gasteiger partial charge is 0.193 e. The summed E-state index contributed by atoms with van der Waals surface area (Å²) in [4.78, 5) is 18.6. The Kier molecular flexibility index (Phi) is 3.57. The first kappa shape index (κ1) is 14.9. The van der Waals surface area contributed by atoms with E-state index in [1.165, 1.54) is 11.3 Å². The third kappa shape index (κ3) is 2.56. The van der Waals surface area contributed by atoms with Crippen molar-refractivity contribution in [1.29, 1.82) is 0 Å². The van der Waals surface area contributed by atoms with Gasteiger partial charge in [-0.25, -0.2) is 14.5 Å². The van der Waals surface area contributed by atoms with Crippen LogP contribution in [0.2, 0.25) is 0 Å². The van der Waals surface area contributed by atoms with Gasteiger partial charge in [0.2, 0.25) is 0 Å². The Balaban J connectivity index is 1.57. The van der Waals surface area contributed by atoms with Crippen molar-refractivity contribution < 1.29 is 0 Å². The zero-order valence-corrected chi connectivity index (χ0v) is 14.4. The first-order valence-corrected chi connectivity index (χ1v) is 8.46. The summed E-state index contributed by atoms with van der Waals surface area (Å²) in [7, 11) is 1.90. The molecular weight excluding hydrogens is 324 g/mol. The number of hydrogen-bond donors (Lipinski definition) is 0. The SMILES string of the molecule is Cc1ncc(C)n2nc(CCc3nc(-c4cncs4)nn3C)nc12. The molecular formula is C15H16N8S. The average molecular weight is 340 g/mol. The standard InChI is InChI=1S/C15H16N8S/c1-9-6-17-10(2)15-18-12(20-23(9)15)4-5-13-19-14(21-22(13)3)11-7-16-8-24-11/h6-8H,4-5H2,1-3H3. The molecule has 0 bridgehead atoms. The second-order valence-electron chi connectivity index (χ2n) is 5.59. The van der Waals surface area contributed by atoms with Crippen LogP contribution in [0.15, 0.2) is 17.9 Å². The van der Waals surface area contributed by atoms with Crippen molar-refractivity contribution in [2.45, 2.75) is 26.7 Å². The van der Waals surface area contributed by atoms with Gasteiger partial charge < -0.3 is 0 Å². The first-order chi connectivity index (χ1) is 11.6. The summed E-state index contributed by atoms with van der Waals surface area (Å²) >= 11 is 1.53. The second-order valence-corrected chi connectivity index (χ2v) is 6.48. The molecule has 0 saturated carbocycles. The monoisotopic (exact) mass is 340 g/mol. The van der Waals surface area contributed by atoms with E-state index in [0.29, 0.717) is 12.2 Å². The van der Waals surface area contributed by atoms with Crippen LogP contribution in [0, 0.1) is 13.8 Å². The van der Waals surface area contributed by atoms with Crippen LogP contribution in [-0.2, 0) is 19.9 Å². The normalized spacial score (nSPS) is 11.5. The van der Waals surface area contributed by atoms with E-state index in [2.05, 4.69) is 30.1 Å². The maximum atomic E-state index is 4.60. The number of aromatic nitrogens is 8. The highest BCUT2D eigenvalue weighted by atomic mass is 32.1. The highest BCUT2D eigenvalue weighted by Crippen LogP contribution is 2.19. The van der Waals surface area contributed by atoms with Gasteiger partial charge in [0.1, 0.15) is 5.82 Å². The Hall–Kier alpha value is -2.68. The molecule has 0 N–H and O–H groups in total. The second kappa shape index (κ2) is 5.75. The summed E-state index contributed by atoms with van der Waals surface area (Å²) < 4.78 is 3.65. The highest BCUT2D eigenvalue weighted by Gasteiger charge is 2.13. The fourth-order valence-corrected chi connectivity index (χ4v) is 3.08. The molecule has 24 heavy (non-hydrogen) atoms. The average Bonchev–Trinajstić information content (AvgIpc) is 3.28. The van der Waals surface area contributed by atoms with Gasteiger partial charge in [-0.15, -0.1) is 11.3 Å². The quantitative estimate of drug-likeness (QED) is 0.563. The summed E-state index contributed by atoms with van der Waals surface area (Å²) in [5.41, 5.74) is 4.45. The van der Waals surface area contributed by atoms with Crippen LogP contribution >= 0.6 is 11.3 Å². The zero-order valence-electron chi connectivity index (χ0n) is 13.6. The number of nitrogens with zero attached hydrogens (tertiary/aromatic N) is 8. The molecule has 0 aliphatic rings. The molecule has 0 radical (unpaired) electrons. The molecule has 4 aromatic rings. The fraction of sp³-hybridized carbons (Fsp3) is 0.333. The van der Waals surface area contributed by atoms with E-state index in [1.807, 2.05) is 36.3 Å². The summed E-state index contributed by atoms with van der Waals surface area (Å²) in [5, 5.41) is 9.03. The number of rotatable bonds is 4. The molecule has 0 aromatic carbocycles. The molecule has 0 atom stereocenters. The van der Waals surface area contributed by atoms with E-state index in [-0.39, 0.29) is 0 Å². The minimum absolute atomic E-state index is 0.704. The van der Waals surface area contributed by atoms with E-state index in [9.17, 15) is 0 Å². The van der Waals surface area contributed by atoms with Gasteiger partial charge in [0, 0.05) is 32.3 Å². The van der Waals surface area contributed by atoms with Gasteiger partial charge in [-0.3, -0.25) is 14.6 Å². The third-order valence-corrected chi connectivity index (χ3v) is 4.60. The molecule has 8 nitrogen and oxygen atoms in total. The third-order valence-electron chi connectivity index (χ3n) is 3.83. The van der Waals surface area contributed by atoms with Crippen molar-refractivity contribution in [3.05, 3.63) is 40.9 Å². The van der Waals surface area contributed by atoms with Gasteiger partial charge in [0.15, 0.2) is 17.3 Å². The van der Waals surface area contributed by atoms with Gasteiger partial charge >= 0.3 is 0 Å². The maximum Gasteiger partial charge on any atom is 0.193 e. The number of hydrogen-bond acceptors (Lipinski definition) is 7. The van der Waals surface area contributed by atoms with Crippen molar-refractivity contribution in [1.82, 2.24) is 39.3 Å². The fourth-order valence-electron chi connectivity index (χ4n) is 2.53. The van der Waals surface area contributed by atoms with E-state index in [4.69, 9.17) is 0 Å². The van der Waals surface area contributed by atoms with Gasteiger partial charge in [-0.05, 0) is 13.8 Å². The van der Waals surface area contributed by atoms with Gasteiger partial charge in [0.05, 0.1) is 21.8 Å². The van der Waals surface area contributed by atoms with Crippen LogP contribution in [0.4, 0.5) is 0 Å². The largest absolute Gasteiger partial charge is 0.256 e. The molecule has 4 heterocycles. The topological polar surface area (TPSA) is 86.7 Å². The maximum absolute atomic E-state index is 4.60. The summed E-state index contributed by atoms with van der Waals surface area (Å²) in [5.74, 6) is 2.41. The Morgan fingerprint density at radius 3 is 2.71 bits per heavy atom. The Labute approximate surface area is 142 Å². The van der Waals surface area contributed by atoms with Crippen LogP contribution in [0.1, 0.15) is 23.0 Å². The predicted octanol–water partition coefficient (Wildman–Crippen LogP) is 1.78. The first-order valence-electron chi connectivity index (χ1n) is 7.58. The van der Waals surface area contributed by atoms with Gasteiger partial charge in [0.25, 0.3) is 0 Å². The van der Waals surface area contributed by atoms with Crippen LogP contribution in [-0.4, -0.2) is 39.3 Å². The van der Waals surface area contributed by atoms with Crippen molar-refractivity contribution in [3.8, 4) is 10.7 Å². The van der Waals surface area contributed by atoms with E-state index in [0.717, 1.165) is 40.0 Å². The molecule has 0 unspecified atom stereocenters. The van der Waals surface area contributed by atoms with E-state index < -0.39 is 0 Å². The zero-order chi connectivity index (χ0) is 16.7. The summed E-state index contributed by atoms with van der Waals surface area (Å²) in [6.07, 6.45) is 5.02. The number of thiazole rings is 1. The van der Waals surface area contributed by atoms with Crippen molar-refractivity contribution in [3.63, 3.8) is 0 Å². The lowest BCUT2D eigenvalue weighted by Crippen LogP contribution is -2.03. The Bertz CT molecular complexity index is 959. The lowest BCUT2D eigenvalue weighted by molar-refractivity contribution is 0.683. The molecule has 9 heteroatoms. The van der Waals surface area contributed by atoms with Crippen molar-refractivity contribution >= 4 is 17.0 Å². The number of aryl methyl sites for hydroxylation is 5. The molecule has 4 rings (SSSR count). The molecule has 0 amide bonds. The molecule has 0 aliphatic carbocycles. The minimum Gasteiger partial charge on any atom is -0.256 e. The van der Waals surface area contributed by atoms with E-state index in [1.54, 1.807) is 11.7 Å². The summed E-state index contributed by atoms with van der Waals surface area (Å²) in [6.45, 7) is 3.92. The molecule has 0 aliphatic heterocycles. The van der Waals surface area contributed by atoms with Crippen LogP contribution in [0.25, 0.3) is 16.3 Å². The van der Waals surface area contributed by atoms with E-state index >= 15 is 0 Å². The molecule has 4 aromatic heterocycles. The molecule has 0 fully saturated rings. The van der Waals surface area contributed by atoms with Crippen molar-refractivity contribution in [2.24, 2.45) is 7.05 Å². The number of fused-ring (bicyclic) bond motifs is 1. The summed E-state index contributed by atoms with van der Waals surface area (Å²) in [6, 6.07) is 0. The van der Waals surface area contributed by atoms with Gasteiger partial charge in [-0.2, -0.15) is 10.2 Å². The van der Waals surface area contributed by atoms with Crippen molar-refractivity contribution in [2.75, 3.05) is 0 Å². The van der Waals surface area contributed by atoms with Crippen LogP contribution in [0.5, 0.6) is 0 Å². The minimum atomic E-state index is 0.704.